The summed E-state index contributed by atoms with van der Waals surface area (Å²) in [5, 5.41) is 13.9. The molecule has 0 fully saturated rings. The van der Waals surface area contributed by atoms with Gasteiger partial charge in [0.1, 0.15) is 6.33 Å². The molecule has 0 saturated carbocycles. The third-order valence-corrected chi connectivity index (χ3v) is 5.78. The van der Waals surface area contributed by atoms with Gasteiger partial charge in [-0.1, -0.05) is 17.8 Å². The lowest BCUT2D eigenvalue weighted by Gasteiger charge is -2.12. The van der Waals surface area contributed by atoms with E-state index in [2.05, 4.69) is 20.8 Å². The van der Waals surface area contributed by atoms with Crippen molar-refractivity contribution in [3.05, 3.63) is 65.0 Å². The molecule has 9 nitrogen and oxygen atoms in total. The molecule has 3 rings (SSSR count). The molecule has 2 N–H and O–H groups in total. The van der Waals surface area contributed by atoms with Crippen molar-refractivity contribution >= 4 is 40.9 Å². The molecule has 0 aliphatic heterocycles. The zero-order valence-corrected chi connectivity index (χ0v) is 18.9. The number of ether oxygens (including phenoxy) is 1. The lowest BCUT2D eigenvalue weighted by atomic mass is 10.0. The maximum absolute atomic E-state index is 12.8. The van der Waals surface area contributed by atoms with Crippen LogP contribution in [0.3, 0.4) is 0 Å². The van der Waals surface area contributed by atoms with Crippen molar-refractivity contribution in [2.75, 3.05) is 23.5 Å². The van der Waals surface area contributed by atoms with Crippen LogP contribution in [-0.2, 0) is 16.6 Å². The van der Waals surface area contributed by atoms with Crippen LogP contribution in [0.2, 0.25) is 0 Å². The number of aromatic nitrogens is 3. The molecule has 0 saturated heterocycles. The van der Waals surface area contributed by atoms with Crippen molar-refractivity contribution in [3.8, 4) is 0 Å². The molecule has 0 aliphatic carbocycles. The topological polar surface area (TPSA) is 115 Å². The van der Waals surface area contributed by atoms with Crippen LogP contribution in [0.1, 0.15) is 31.8 Å². The summed E-state index contributed by atoms with van der Waals surface area (Å²) in [6, 6.07) is 9.98. The predicted molar refractivity (Wildman–Crippen MR) is 122 cm³/mol. The number of anilines is 2. The molecule has 0 atom stereocenters. The van der Waals surface area contributed by atoms with Crippen LogP contribution in [0.5, 0.6) is 0 Å². The van der Waals surface area contributed by atoms with Crippen LogP contribution in [0.4, 0.5) is 11.4 Å². The van der Waals surface area contributed by atoms with Crippen LogP contribution >= 0.6 is 11.8 Å². The van der Waals surface area contributed by atoms with Gasteiger partial charge in [0.25, 0.3) is 5.91 Å². The number of carbonyl (C=O) groups excluding carboxylic acids is 3. The van der Waals surface area contributed by atoms with Gasteiger partial charge in [-0.2, -0.15) is 0 Å². The number of rotatable bonds is 7. The van der Waals surface area contributed by atoms with Gasteiger partial charge in [0.2, 0.25) is 5.91 Å². The van der Waals surface area contributed by atoms with E-state index in [-0.39, 0.29) is 17.6 Å². The highest BCUT2D eigenvalue weighted by Crippen LogP contribution is 2.22. The van der Waals surface area contributed by atoms with Crippen LogP contribution in [-0.4, -0.2) is 45.4 Å². The fourth-order valence-electron chi connectivity index (χ4n) is 2.93. The highest BCUT2D eigenvalue weighted by atomic mass is 32.2. The zero-order valence-electron chi connectivity index (χ0n) is 18.1. The van der Waals surface area contributed by atoms with E-state index in [1.165, 1.54) is 18.9 Å². The minimum atomic E-state index is -0.467. The molecule has 1 aromatic heterocycles. The summed E-state index contributed by atoms with van der Waals surface area (Å²) in [7, 11) is 3.11. The van der Waals surface area contributed by atoms with Gasteiger partial charge in [-0.25, -0.2) is 4.79 Å². The number of nitrogens with one attached hydrogen (secondary N) is 2. The molecule has 32 heavy (non-hydrogen) atoms. The molecular formula is C22H23N5O4S. The summed E-state index contributed by atoms with van der Waals surface area (Å²) in [6.45, 7) is 3.68. The summed E-state index contributed by atoms with van der Waals surface area (Å²) in [6.07, 6.45) is 1.56. The average Bonchev–Trinajstić information content (AvgIpc) is 3.19. The number of thioether (sulfide) groups is 1. The van der Waals surface area contributed by atoms with Crippen LogP contribution in [0.15, 0.2) is 47.9 Å². The highest BCUT2D eigenvalue weighted by Gasteiger charge is 2.15. The lowest BCUT2D eigenvalue weighted by molar-refractivity contribution is -0.113. The van der Waals surface area contributed by atoms with Gasteiger partial charge in [0, 0.05) is 24.0 Å². The van der Waals surface area contributed by atoms with Gasteiger partial charge in [-0.3, -0.25) is 9.59 Å². The maximum Gasteiger partial charge on any atom is 0.338 e. The highest BCUT2D eigenvalue weighted by molar-refractivity contribution is 7.99. The molecule has 1 heterocycles. The first-order chi connectivity index (χ1) is 15.3. The van der Waals surface area contributed by atoms with E-state index in [9.17, 15) is 14.4 Å². The molecule has 2 aromatic carbocycles. The monoisotopic (exact) mass is 453 g/mol. The number of aryl methyl sites for hydroxylation is 2. The quantitative estimate of drug-likeness (QED) is 0.417. The van der Waals surface area contributed by atoms with E-state index in [0.717, 1.165) is 11.1 Å². The first-order valence-corrected chi connectivity index (χ1v) is 10.6. The second-order valence-corrected chi connectivity index (χ2v) is 8.00. The number of hydrogen-bond donors (Lipinski definition) is 2. The molecule has 166 valence electrons. The van der Waals surface area contributed by atoms with E-state index < -0.39 is 5.97 Å². The van der Waals surface area contributed by atoms with E-state index in [1.807, 2.05) is 13.8 Å². The number of esters is 1. The third-order valence-electron chi connectivity index (χ3n) is 4.74. The van der Waals surface area contributed by atoms with Gasteiger partial charge >= 0.3 is 5.97 Å². The Hall–Kier alpha value is -3.66. The van der Waals surface area contributed by atoms with Gasteiger partial charge in [0.05, 0.1) is 18.4 Å². The number of carbonyl (C=O) groups is 3. The second-order valence-electron chi connectivity index (χ2n) is 7.05. The van der Waals surface area contributed by atoms with E-state index in [0.29, 0.717) is 27.7 Å². The Bertz CT molecular complexity index is 1170. The Morgan fingerprint density at radius 3 is 2.56 bits per heavy atom. The fourth-order valence-corrected chi connectivity index (χ4v) is 3.61. The summed E-state index contributed by atoms with van der Waals surface area (Å²) >= 11 is 1.26. The van der Waals surface area contributed by atoms with Crippen molar-refractivity contribution in [2.24, 2.45) is 7.05 Å². The number of benzene rings is 2. The van der Waals surface area contributed by atoms with Crippen molar-refractivity contribution in [1.82, 2.24) is 14.8 Å². The number of nitrogens with zero attached hydrogens (tertiary/aromatic N) is 3. The lowest BCUT2D eigenvalue weighted by Crippen LogP contribution is -2.16. The predicted octanol–water partition coefficient (Wildman–Crippen LogP) is 3.20. The second kappa shape index (κ2) is 10.1. The van der Waals surface area contributed by atoms with Gasteiger partial charge in [0.15, 0.2) is 5.16 Å². The molecule has 0 spiro atoms. The van der Waals surface area contributed by atoms with E-state index >= 15 is 0 Å². The molecule has 0 radical (unpaired) electrons. The van der Waals surface area contributed by atoms with Crippen LogP contribution < -0.4 is 10.6 Å². The normalized spacial score (nSPS) is 10.5. The van der Waals surface area contributed by atoms with Crippen molar-refractivity contribution in [2.45, 2.75) is 19.0 Å². The maximum atomic E-state index is 12.8. The Morgan fingerprint density at radius 1 is 1.09 bits per heavy atom. The van der Waals surface area contributed by atoms with Crippen molar-refractivity contribution in [1.29, 1.82) is 0 Å². The Balaban J connectivity index is 1.67. The largest absolute Gasteiger partial charge is 0.465 e. The molecule has 0 bridgehead atoms. The molecule has 0 aliphatic rings. The molecular weight excluding hydrogens is 430 g/mol. The molecule has 0 unspecified atom stereocenters. The van der Waals surface area contributed by atoms with Crippen molar-refractivity contribution in [3.63, 3.8) is 0 Å². The number of methoxy groups -OCH3 is 1. The molecule has 2 amide bonds. The SMILES string of the molecule is COC(=O)c1cc(NC(=O)c2cccc(NC(=O)CSc3nncn3C)c2)cc(C)c1C. The van der Waals surface area contributed by atoms with Gasteiger partial charge < -0.3 is 19.9 Å². The van der Waals surface area contributed by atoms with Crippen molar-refractivity contribution < 1.29 is 19.1 Å². The molecule has 10 heteroatoms. The Morgan fingerprint density at radius 2 is 1.88 bits per heavy atom. The first-order valence-electron chi connectivity index (χ1n) is 9.66. The number of hydrogen-bond acceptors (Lipinski definition) is 7. The number of amides is 2. The Labute approximate surface area is 189 Å². The van der Waals surface area contributed by atoms with Gasteiger partial charge in [-0.15, -0.1) is 10.2 Å². The summed E-state index contributed by atoms with van der Waals surface area (Å²) in [5.74, 6) is -0.909. The van der Waals surface area contributed by atoms with E-state index in [4.69, 9.17) is 4.74 Å². The summed E-state index contributed by atoms with van der Waals surface area (Å²) in [4.78, 5) is 37.0. The fraction of sp³-hybridized carbons (Fsp3) is 0.227. The summed E-state index contributed by atoms with van der Waals surface area (Å²) in [5.41, 5.74) is 3.37. The standard InChI is InChI=1S/C22H23N5O4S/c1-13-8-17(10-18(14(13)2)21(30)31-4)25-20(29)15-6-5-7-16(9-15)24-19(28)11-32-22-26-23-12-27(22)3/h5-10,12H,11H2,1-4H3,(H,24,28)(H,25,29). The van der Waals surface area contributed by atoms with Gasteiger partial charge in [-0.05, 0) is 55.3 Å². The Kier molecular flexibility index (Phi) is 7.26. The molecule has 3 aromatic rings. The first kappa shape index (κ1) is 23.0. The van der Waals surface area contributed by atoms with Crippen LogP contribution in [0, 0.1) is 13.8 Å². The summed E-state index contributed by atoms with van der Waals surface area (Å²) < 4.78 is 6.54. The van der Waals surface area contributed by atoms with Crippen LogP contribution in [0.25, 0.3) is 0 Å². The average molecular weight is 454 g/mol. The third kappa shape index (κ3) is 5.52. The van der Waals surface area contributed by atoms with E-state index in [1.54, 1.807) is 54.3 Å². The zero-order chi connectivity index (χ0) is 23.3. The smallest absolute Gasteiger partial charge is 0.338 e. The minimum Gasteiger partial charge on any atom is -0.465 e. The minimum absolute atomic E-state index is 0.155.